The normalized spacial score (nSPS) is 22.4. The average Bonchev–Trinajstić information content (AvgIpc) is 2.73. The van der Waals surface area contributed by atoms with E-state index >= 15 is 0 Å². The lowest BCUT2D eigenvalue weighted by Gasteiger charge is -2.06. The molecule has 3 rings (SSSR count). The van der Waals surface area contributed by atoms with Crippen molar-refractivity contribution < 1.29 is 17.7 Å². The molecule has 1 saturated heterocycles. The van der Waals surface area contributed by atoms with Crippen LogP contribution in [-0.2, 0) is 6.18 Å². The molecule has 1 aliphatic heterocycles. The van der Waals surface area contributed by atoms with Crippen molar-refractivity contribution in [2.75, 3.05) is 20.6 Å². The lowest BCUT2D eigenvalue weighted by Crippen LogP contribution is -2.14. The van der Waals surface area contributed by atoms with E-state index in [1.165, 1.54) is 6.20 Å². The van der Waals surface area contributed by atoms with Crippen molar-refractivity contribution in [2.45, 2.75) is 12.2 Å². The molecule has 5 nitrogen and oxygen atoms in total. The minimum absolute atomic E-state index is 0.131. The fraction of sp³-hybridized carbons (Fsp3) is 0.500. The summed E-state index contributed by atoms with van der Waals surface area (Å²) in [5, 5.41) is 10.5. The Morgan fingerprint density at radius 3 is 2.56 bits per heavy atom. The van der Waals surface area contributed by atoms with Gasteiger partial charge in [0, 0.05) is 5.56 Å². The summed E-state index contributed by atoms with van der Waals surface area (Å²) < 4.78 is 39.3. The van der Waals surface area contributed by atoms with Gasteiger partial charge in [0.2, 0.25) is 0 Å². The Morgan fingerprint density at radius 1 is 1.33 bits per heavy atom. The smallest absolute Gasteiger partial charge is 0.312 e. The number of hydrogen-bond donors (Lipinski definition) is 0. The maximum absolute atomic E-state index is 12.6. The van der Waals surface area contributed by atoms with Crippen LogP contribution >= 0.6 is 0 Å². The highest BCUT2D eigenvalue weighted by molar-refractivity contribution is 5.40. The highest BCUT2D eigenvalue weighted by Crippen LogP contribution is 2.40. The van der Waals surface area contributed by atoms with Crippen molar-refractivity contribution in [2.24, 2.45) is 0 Å². The third kappa shape index (κ3) is 1.64. The van der Waals surface area contributed by atoms with Gasteiger partial charge in [-0.3, -0.25) is 0 Å². The fourth-order valence-corrected chi connectivity index (χ4v) is 2.07. The van der Waals surface area contributed by atoms with E-state index in [0.717, 1.165) is 21.1 Å². The molecule has 0 radical (unpaired) electrons. The Hall–Kier alpha value is -1.70. The zero-order valence-electron chi connectivity index (χ0n) is 9.81. The molecule has 0 aromatic carbocycles. The molecule has 0 aliphatic carbocycles. The highest BCUT2D eigenvalue weighted by atomic mass is 19.4. The number of nitrogens with zero attached hydrogens (tertiary/aromatic N) is 5. The zero-order valence-corrected chi connectivity index (χ0v) is 9.81. The number of likely N-dealkylation sites (N-methyl/N-ethyl adjacent to an activating group) is 1. The lowest BCUT2D eigenvalue weighted by atomic mass is 10.2. The van der Waals surface area contributed by atoms with Crippen LogP contribution in [-0.4, -0.2) is 44.9 Å². The fourth-order valence-electron chi connectivity index (χ4n) is 2.07. The van der Waals surface area contributed by atoms with Crippen LogP contribution in [0.25, 0.3) is 5.65 Å². The summed E-state index contributed by atoms with van der Waals surface area (Å²) in [6.07, 6.45) is -3.08. The van der Waals surface area contributed by atoms with Gasteiger partial charge in [-0.2, -0.15) is 22.8 Å². The van der Waals surface area contributed by atoms with Crippen LogP contribution in [0.2, 0.25) is 0 Å². The van der Waals surface area contributed by atoms with E-state index in [1.54, 1.807) is 6.07 Å². The van der Waals surface area contributed by atoms with Crippen molar-refractivity contribution in [3.05, 3.63) is 23.7 Å². The Balaban J connectivity index is 2.06. The molecule has 96 valence electrons. The maximum Gasteiger partial charge on any atom is 0.453 e. The van der Waals surface area contributed by atoms with Crippen LogP contribution in [0.5, 0.6) is 0 Å². The van der Waals surface area contributed by atoms with Crippen LogP contribution in [0.15, 0.2) is 12.3 Å². The van der Waals surface area contributed by atoms with Crippen molar-refractivity contribution in [1.82, 2.24) is 19.8 Å². The quantitative estimate of drug-likeness (QED) is 0.571. The Bertz CT molecular complexity index is 615. The first-order valence-electron chi connectivity index (χ1n) is 5.40. The molecule has 0 N–H and O–H groups in total. The predicted octanol–water partition coefficient (Wildman–Crippen LogP) is 1.27. The minimum atomic E-state index is -4.54. The second-order valence-corrected chi connectivity index (χ2v) is 5.06. The molecule has 3 heterocycles. The van der Waals surface area contributed by atoms with Gasteiger partial charge in [0.25, 0.3) is 5.82 Å². The number of rotatable bonds is 1. The van der Waals surface area contributed by atoms with Gasteiger partial charge >= 0.3 is 6.18 Å². The van der Waals surface area contributed by atoms with Crippen molar-refractivity contribution in [3.63, 3.8) is 0 Å². The summed E-state index contributed by atoms with van der Waals surface area (Å²) in [5.74, 6) is -1.09. The molecule has 2 aromatic heterocycles. The highest BCUT2D eigenvalue weighted by Gasteiger charge is 2.49. The second-order valence-electron chi connectivity index (χ2n) is 5.06. The van der Waals surface area contributed by atoms with Crippen molar-refractivity contribution in [3.8, 4) is 0 Å². The molecule has 0 bridgehead atoms. The van der Waals surface area contributed by atoms with E-state index in [2.05, 4.69) is 29.4 Å². The van der Waals surface area contributed by atoms with E-state index in [0.29, 0.717) is 0 Å². The Kier molecular flexibility index (Phi) is 2.02. The first-order chi connectivity index (χ1) is 8.29. The molecule has 1 unspecified atom stereocenters. The molecule has 0 spiro atoms. The molecule has 1 aliphatic rings. The largest absolute Gasteiger partial charge is 0.453 e. The average molecular weight is 258 g/mol. The van der Waals surface area contributed by atoms with Crippen LogP contribution in [0.3, 0.4) is 0 Å². The van der Waals surface area contributed by atoms with Gasteiger partial charge < -0.3 is 4.48 Å². The van der Waals surface area contributed by atoms with Crippen LogP contribution < -0.4 is 0 Å². The van der Waals surface area contributed by atoms with Gasteiger partial charge in [0.1, 0.15) is 6.54 Å². The van der Waals surface area contributed by atoms with Gasteiger partial charge in [0.15, 0.2) is 11.7 Å². The van der Waals surface area contributed by atoms with Crippen molar-refractivity contribution in [1.29, 1.82) is 0 Å². The Morgan fingerprint density at radius 2 is 2.00 bits per heavy atom. The molecule has 0 saturated carbocycles. The van der Waals surface area contributed by atoms with Gasteiger partial charge in [0.05, 0.1) is 20.3 Å². The first-order valence-corrected chi connectivity index (χ1v) is 5.40. The second kappa shape index (κ2) is 3.19. The number of fused-ring (bicyclic) bond motifs is 1. The van der Waals surface area contributed by atoms with Crippen molar-refractivity contribution >= 4 is 5.65 Å². The predicted molar refractivity (Wildman–Crippen MR) is 55.5 cm³/mol. The van der Waals surface area contributed by atoms with Gasteiger partial charge in [-0.25, -0.2) is 0 Å². The molecule has 2 aromatic rings. The van der Waals surface area contributed by atoms with Gasteiger partial charge in [-0.1, -0.05) is 0 Å². The number of quaternary nitrogens is 1. The lowest BCUT2D eigenvalue weighted by molar-refractivity contribution is -0.772. The maximum atomic E-state index is 12.6. The summed E-state index contributed by atoms with van der Waals surface area (Å²) in [5.41, 5.74) is 1.03. The van der Waals surface area contributed by atoms with E-state index in [4.69, 9.17) is 0 Å². The monoisotopic (exact) mass is 258 g/mol. The number of halogens is 3. The van der Waals surface area contributed by atoms with Gasteiger partial charge in [-0.05, 0) is 6.07 Å². The number of alkyl halides is 3. The molecule has 1 atom stereocenters. The summed E-state index contributed by atoms with van der Waals surface area (Å²) in [4.78, 5) is 0. The summed E-state index contributed by atoms with van der Waals surface area (Å²) in [6, 6.07) is 1.90. The zero-order chi connectivity index (χ0) is 13.1. The molecule has 18 heavy (non-hydrogen) atoms. The standard InChI is InChI=1S/C10H11F3N5/c1-18(2)5-7(18)6-3-8-15-16-9(10(11,12)13)17(8)14-4-6/h3-4,7H,5H2,1-2H3/q+1. The van der Waals surface area contributed by atoms with Crippen LogP contribution in [0.1, 0.15) is 17.4 Å². The number of aromatic nitrogens is 4. The van der Waals surface area contributed by atoms with E-state index < -0.39 is 12.0 Å². The minimum Gasteiger partial charge on any atom is -0.312 e. The molecule has 0 amide bonds. The SMILES string of the molecule is C[N+]1(C)CC1c1cnn2c(C(F)(F)F)nnc2c1. The Labute approximate surface area is 100 Å². The van der Waals surface area contributed by atoms with E-state index in [1.807, 2.05) is 0 Å². The summed E-state index contributed by atoms with van der Waals surface area (Å²) >= 11 is 0. The van der Waals surface area contributed by atoms with E-state index in [9.17, 15) is 13.2 Å². The molecule has 8 heteroatoms. The summed E-state index contributed by atoms with van der Waals surface area (Å²) in [7, 11) is 4.11. The van der Waals surface area contributed by atoms with Crippen LogP contribution in [0.4, 0.5) is 13.2 Å². The molecular formula is C10H11F3N5+. The molecular weight excluding hydrogens is 247 g/mol. The topological polar surface area (TPSA) is 43.1 Å². The van der Waals surface area contributed by atoms with E-state index in [-0.39, 0.29) is 11.7 Å². The number of hydrogen-bond acceptors (Lipinski definition) is 3. The molecule has 1 fully saturated rings. The van der Waals surface area contributed by atoms with Crippen LogP contribution in [0, 0.1) is 0 Å². The third-order valence-corrected chi connectivity index (χ3v) is 3.27. The van der Waals surface area contributed by atoms with Gasteiger partial charge in [-0.15, -0.1) is 10.2 Å². The first kappa shape index (κ1) is 11.4. The summed E-state index contributed by atoms with van der Waals surface area (Å²) in [6.45, 7) is 0.956. The third-order valence-electron chi connectivity index (χ3n) is 3.27.